The van der Waals surface area contributed by atoms with Gasteiger partial charge in [0.15, 0.2) is 4.60 Å². The van der Waals surface area contributed by atoms with Gasteiger partial charge in [-0.1, -0.05) is 26.7 Å². The van der Waals surface area contributed by atoms with Crippen LogP contribution in [0.15, 0.2) is 15.8 Å². The standard InChI is InChI=1S/C16H22BrN5/c1-5-7-12(8-6-2)22-13-9-10(3)18-14-15(13)21(11(4)19-22)20-16(14)17/h9,12H,5-8H2,1-4H3. The van der Waals surface area contributed by atoms with Gasteiger partial charge in [-0.05, 0) is 48.7 Å². The topological polar surface area (TPSA) is 46.3 Å². The number of hydrogen-bond donors (Lipinski definition) is 0. The van der Waals surface area contributed by atoms with Gasteiger partial charge in [0.2, 0.25) is 0 Å². The molecule has 0 aromatic carbocycles. The van der Waals surface area contributed by atoms with Gasteiger partial charge in [0.05, 0.1) is 11.7 Å². The number of rotatable bonds is 5. The van der Waals surface area contributed by atoms with Gasteiger partial charge >= 0.3 is 0 Å². The number of pyridine rings is 1. The molecule has 22 heavy (non-hydrogen) atoms. The summed E-state index contributed by atoms with van der Waals surface area (Å²) in [6.07, 6.45) is 4.60. The van der Waals surface area contributed by atoms with Crippen molar-refractivity contribution in [1.29, 1.82) is 0 Å². The lowest BCUT2D eigenvalue weighted by Gasteiger charge is -2.32. The van der Waals surface area contributed by atoms with Crippen molar-refractivity contribution in [3.8, 4) is 0 Å². The summed E-state index contributed by atoms with van der Waals surface area (Å²) in [5, 5.41) is 11.6. The Morgan fingerprint density at radius 1 is 1.18 bits per heavy atom. The molecule has 0 spiro atoms. The summed E-state index contributed by atoms with van der Waals surface area (Å²) in [6, 6.07) is 2.55. The van der Waals surface area contributed by atoms with E-state index in [4.69, 9.17) is 5.10 Å². The number of hydrogen-bond acceptors (Lipinski definition) is 4. The van der Waals surface area contributed by atoms with Gasteiger partial charge in [0.1, 0.15) is 16.9 Å². The van der Waals surface area contributed by atoms with E-state index < -0.39 is 0 Å². The number of aromatic nitrogens is 3. The molecule has 6 heteroatoms. The number of anilines is 1. The Hall–Kier alpha value is -1.43. The highest BCUT2D eigenvalue weighted by atomic mass is 79.9. The zero-order chi connectivity index (χ0) is 15.9. The Morgan fingerprint density at radius 3 is 2.50 bits per heavy atom. The van der Waals surface area contributed by atoms with Crippen LogP contribution in [0.5, 0.6) is 0 Å². The van der Waals surface area contributed by atoms with Crippen LogP contribution in [0.4, 0.5) is 5.69 Å². The summed E-state index contributed by atoms with van der Waals surface area (Å²) in [5.74, 6) is 0.894. The van der Waals surface area contributed by atoms with E-state index >= 15 is 0 Å². The highest BCUT2D eigenvalue weighted by molar-refractivity contribution is 9.10. The first-order valence-corrected chi connectivity index (χ1v) is 8.76. The third-order valence-electron chi connectivity index (χ3n) is 4.09. The molecule has 0 aliphatic carbocycles. The fourth-order valence-electron chi connectivity index (χ4n) is 3.18. The fourth-order valence-corrected chi connectivity index (χ4v) is 3.62. The third kappa shape index (κ3) is 2.43. The SMILES string of the molecule is CCCC(CCC)N1N=C(C)n2nc(Br)c3nc(C)cc1c32. The third-order valence-corrected chi connectivity index (χ3v) is 4.63. The Balaban J connectivity index is 2.20. The maximum absolute atomic E-state index is 4.84. The Bertz CT molecular complexity index is 728. The number of aryl methyl sites for hydroxylation is 1. The highest BCUT2D eigenvalue weighted by Gasteiger charge is 2.28. The van der Waals surface area contributed by atoms with E-state index in [2.05, 4.69) is 50.9 Å². The summed E-state index contributed by atoms with van der Waals surface area (Å²) < 4.78 is 2.68. The van der Waals surface area contributed by atoms with Crippen molar-refractivity contribution >= 4 is 38.5 Å². The van der Waals surface area contributed by atoms with Crippen LogP contribution in [-0.2, 0) is 0 Å². The molecule has 0 amide bonds. The zero-order valence-corrected chi connectivity index (χ0v) is 15.2. The van der Waals surface area contributed by atoms with Crippen molar-refractivity contribution < 1.29 is 0 Å². The maximum Gasteiger partial charge on any atom is 0.155 e. The Labute approximate surface area is 139 Å². The number of halogens is 1. The number of nitrogens with zero attached hydrogens (tertiary/aromatic N) is 5. The molecule has 5 nitrogen and oxygen atoms in total. The van der Waals surface area contributed by atoms with E-state index in [1.165, 1.54) is 0 Å². The second-order valence-corrected chi connectivity index (χ2v) is 6.66. The maximum atomic E-state index is 4.84. The van der Waals surface area contributed by atoms with Crippen molar-refractivity contribution in [3.05, 3.63) is 16.4 Å². The predicted molar refractivity (Wildman–Crippen MR) is 94.6 cm³/mol. The van der Waals surface area contributed by atoms with Gasteiger partial charge in [-0.25, -0.2) is 9.67 Å². The monoisotopic (exact) mass is 363 g/mol. The van der Waals surface area contributed by atoms with E-state index in [1.54, 1.807) is 0 Å². The lowest BCUT2D eigenvalue weighted by atomic mass is 10.1. The van der Waals surface area contributed by atoms with Crippen molar-refractivity contribution in [2.45, 2.75) is 59.4 Å². The van der Waals surface area contributed by atoms with E-state index in [9.17, 15) is 0 Å². The predicted octanol–water partition coefficient (Wildman–Crippen LogP) is 4.47. The minimum atomic E-state index is 0.428. The summed E-state index contributed by atoms with van der Waals surface area (Å²) in [5.41, 5.74) is 4.09. The molecule has 0 fully saturated rings. The highest BCUT2D eigenvalue weighted by Crippen LogP contribution is 2.36. The quantitative estimate of drug-likeness (QED) is 0.786. The van der Waals surface area contributed by atoms with Crippen molar-refractivity contribution in [2.75, 3.05) is 5.01 Å². The van der Waals surface area contributed by atoms with Crippen LogP contribution < -0.4 is 5.01 Å². The van der Waals surface area contributed by atoms with Gasteiger partial charge in [0, 0.05) is 5.69 Å². The number of hydrazone groups is 1. The Morgan fingerprint density at radius 2 is 1.86 bits per heavy atom. The molecule has 0 unspecified atom stereocenters. The normalized spacial score (nSPS) is 14.1. The average molecular weight is 364 g/mol. The average Bonchev–Trinajstić information content (AvgIpc) is 2.81. The van der Waals surface area contributed by atoms with Crippen LogP contribution in [0, 0.1) is 6.92 Å². The molecule has 3 rings (SSSR count). The van der Waals surface area contributed by atoms with E-state index in [0.717, 1.165) is 58.5 Å². The summed E-state index contributed by atoms with van der Waals surface area (Å²) in [7, 11) is 0. The van der Waals surface area contributed by atoms with Crippen LogP contribution in [0.2, 0.25) is 0 Å². The minimum absolute atomic E-state index is 0.428. The van der Waals surface area contributed by atoms with Gasteiger partial charge in [-0.3, -0.25) is 5.01 Å². The van der Waals surface area contributed by atoms with E-state index in [0.29, 0.717) is 6.04 Å². The molecule has 118 valence electrons. The van der Waals surface area contributed by atoms with E-state index in [1.807, 2.05) is 18.5 Å². The first-order chi connectivity index (χ1) is 10.6. The second-order valence-electron chi connectivity index (χ2n) is 5.91. The van der Waals surface area contributed by atoms with Gasteiger partial charge in [-0.15, -0.1) is 0 Å². The molecule has 0 saturated carbocycles. The van der Waals surface area contributed by atoms with Gasteiger partial charge < -0.3 is 0 Å². The van der Waals surface area contributed by atoms with Crippen LogP contribution >= 0.6 is 15.9 Å². The van der Waals surface area contributed by atoms with Crippen LogP contribution in [-0.4, -0.2) is 26.6 Å². The molecule has 2 aromatic heterocycles. The Kier molecular flexibility index (Phi) is 4.21. The molecule has 0 saturated heterocycles. The molecular weight excluding hydrogens is 342 g/mol. The van der Waals surface area contributed by atoms with Crippen molar-refractivity contribution in [1.82, 2.24) is 14.8 Å². The first kappa shape index (κ1) is 15.5. The fraction of sp³-hybridized carbons (Fsp3) is 0.562. The summed E-state index contributed by atoms with van der Waals surface area (Å²) in [4.78, 5) is 4.65. The molecule has 3 heterocycles. The lowest BCUT2D eigenvalue weighted by molar-refractivity contribution is 0.509. The molecule has 0 N–H and O–H groups in total. The lowest BCUT2D eigenvalue weighted by Crippen LogP contribution is -2.35. The minimum Gasteiger partial charge on any atom is -0.258 e. The zero-order valence-electron chi connectivity index (χ0n) is 13.6. The molecule has 0 bridgehead atoms. The summed E-state index contributed by atoms with van der Waals surface area (Å²) >= 11 is 3.53. The molecule has 1 aliphatic rings. The molecule has 1 aliphatic heterocycles. The smallest absolute Gasteiger partial charge is 0.155 e. The van der Waals surface area contributed by atoms with Crippen molar-refractivity contribution in [2.24, 2.45) is 5.10 Å². The van der Waals surface area contributed by atoms with Crippen LogP contribution in [0.1, 0.15) is 52.1 Å². The molecule has 0 radical (unpaired) electrons. The van der Waals surface area contributed by atoms with Crippen LogP contribution in [0.25, 0.3) is 11.0 Å². The first-order valence-electron chi connectivity index (χ1n) is 7.97. The molecular formula is C16H22BrN5. The largest absolute Gasteiger partial charge is 0.258 e. The summed E-state index contributed by atoms with van der Waals surface area (Å²) in [6.45, 7) is 8.50. The van der Waals surface area contributed by atoms with Gasteiger partial charge in [-0.2, -0.15) is 10.2 Å². The van der Waals surface area contributed by atoms with Crippen molar-refractivity contribution in [3.63, 3.8) is 0 Å². The van der Waals surface area contributed by atoms with Gasteiger partial charge in [0.25, 0.3) is 0 Å². The molecule has 0 atom stereocenters. The second kappa shape index (κ2) is 5.99. The van der Waals surface area contributed by atoms with E-state index in [-0.39, 0.29) is 0 Å². The molecule has 2 aromatic rings. The van der Waals surface area contributed by atoms with Crippen LogP contribution in [0.3, 0.4) is 0 Å².